The third-order valence-corrected chi connectivity index (χ3v) is 5.75. The van der Waals surface area contributed by atoms with Gasteiger partial charge in [0.25, 0.3) is 5.91 Å². The van der Waals surface area contributed by atoms with Crippen LogP contribution in [0.4, 0.5) is 10.8 Å². The highest BCUT2D eigenvalue weighted by molar-refractivity contribution is 7.14. The number of amides is 1. The summed E-state index contributed by atoms with van der Waals surface area (Å²) in [5.74, 6) is 0.196. The average Bonchev–Trinajstić information content (AvgIpc) is 3.25. The summed E-state index contributed by atoms with van der Waals surface area (Å²) >= 11 is 7.65. The molecule has 0 spiro atoms. The molecular weight excluding hydrogens is 410 g/mol. The summed E-state index contributed by atoms with van der Waals surface area (Å²) in [7, 11) is 1.52. The van der Waals surface area contributed by atoms with Gasteiger partial charge in [0.2, 0.25) is 0 Å². The van der Waals surface area contributed by atoms with Gasteiger partial charge in [0.1, 0.15) is 5.75 Å². The van der Waals surface area contributed by atoms with Gasteiger partial charge in [-0.2, -0.15) is 0 Å². The van der Waals surface area contributed by atoms with Gasteiger partial charge in [0.15, 0.2) is 5.13 Å². The second-order valence-corrected chi connectivity index (χ2v) is 7.76. The van der Waals surface area contributed by atoms with Gasteiger partial charge in [-0.15, -0.1) is 11.3 Å². The maximum atomic E-state index is 12.6. The van der Waals surface area contributed by atoms with E-state index in [1.807, 2.05) is 24.3 Å². The number of methoxy groups -OCH3 is 1. The molecule has 1 fully saturated rings. The van der Waals surface area contributed by atoms with Crippen LogP contribution in [0, 0.1) is 0 Å². The number of hydrogen-bond acceptors (Lipinski definition) is 6. The maximum absolute atomic E-state index is 12.6. The molecule has 0 atom stereocenters. The van der Waals surface area contributed by atoms with Crippen LogP contribution >= 0.6 is 22.9 Å². The lowest BCUT2D eigenvalue weighted by atomic mass is 10.1. The Balaban J connectivity index is 1.46. The van der Waals surface area contributed by atoms with Crippen molar-refractivity contribution in [3.63, 3.8) is 0 Å². The topological polar surface area (TPSA) is 63.7 Å². The van der Waals surface area contributed by atoms with Gasteiger partial charge in [0, 0.05) is 34.7 Å². The number of aromatic nitrogens is 1. The number of ether oxygens (including phenoxy) is 2. The highest BCUT2D eigenvalue weighted by atomic mass is 35.5. The fourth-order valence-corrected chi connectivity index (χ4v) is 4.14. The fourth-order valence-electron chi connectivity index (χ4n) is 3.08. The highest BCUT2D eigenvalue weighted by Crippen LogP contribution is 2.29. The standard InChI is InChI=1S/C21H20ClN3O3S/c1-27-19-7-4-15(22)12-17(19)20(26)23-16-5-2-14(3-6-16)18-13-29-21(24-18)25-8-10-28-11-9-25/h2-7,12-13H,8-11H2,1H3,(H,23,26). The van der Waals surface area contributed by atoms with E-state index >= 15 is 0 Å². The molecule has 1 aliphatic rings. The second-order valence-electron chi connectivity index (χ2n) is 6.49. The summed E-state index contributed by atoms with van der Waals surface area (Å²) in [4.78, 5) is 19.6. The quantitative estimate of drug-likeness (QED) is 0.644. The van der Waals surface area contributed by atoms with Gasteiger partial charge in [-0.25, -0.2) is 4.98 Å². The molecule has 1 aliphatic heterocycles. The zero-order valence-electron chi connectivity index (χ0n) is 15.9. The van der Waals surface area contributed by atoms with Gasteiger partial charge in [-0.3, -0.25) is 4.79 Å². The van der Waals surface area contributed by atoms with Crippen molar-refractivity contribution in [2.24, 2.45) is 0 Å². The van der Waals surface area contributed by atoms with Crippen molar-refractivity contribution < 1.29 is 14.3 Å². The van der Waals surface area contributed by atoms with Crippen LogP contribution in [0.5, 0.6) is 5.75 Å². The van der Waals surface area contributed by atoms with Crippen LogP contribution in [0.3, 0.4) is 0 Å². The SMILES string of the molecule is COc1ccc(Cl)cc1C(=O)Nc1ccc(-c2csc(N3CCOCC3)n2)cc1. The minimum Gasteiger partial charge on any atom is -0.496 e. The minimum absolute atomic E-state index is 0.277. The van der Waals surface area contributed by atoms with Crippen molar-refractivity contribution in [1.82, 2.24) is 4.98 Å². The first kappa shape index (κ1) is 19.7. The number of rotatable bonds is 5. The number of hydrogen-bond donors (Lipinski definition) is 1. The molecule has 29 heavy (non-hydrogen) atoms. The maximum Gasteiger partial charge on any atom is 0.259 e. The van der Waals surface area contributed by atoms with Gasteiger partial charge in [0.05, 0.1) is 31.6 Å². The molecule has 0 aliphatic carbocycles. The lowest BCUT2D eigenvalue weighted by Crippen LogP contribution is -2.36. The Morgan fingerprint density at radius 3 is 2.69 bits per heavy atom. The van der Waals surface area contributed by atoms with Gasteiger partial charge in [-0.1, -0.05) is 23.7 Å². The molecule has 1 N–H and O–H groups in total. The van der Waals surface area contributed by atoms with E-state index < -0.39 is 0 Å². The Labute approximate surface area is 178 Å². The molecule has 0 unspecified atom stereocenters. The molecule has 150 valence electrons. The summed E-state index contributed by atoms with van der Waals surface area (Å²) in [6.45, 7) is 3.21. The molecule has 0 bridgehead atoms. The van der Waals surface area contributed by atoms with Gasteiger partial charge in [-0.05, 0) is 30.3 Å². The predicted octanol–water partition coefficient (Wildman–Crippen LogP) is 4.56. The Bertz CT molecular complexity index is 1000. The summed E-state index contributed by atoms with van der Waals surface area (Å²) in [6, 6.07) is 12.6. The van der Waals surface area contributed by atoms with Crippen LogP contribution < -0.4 is 15.0 Å². The first-order chi connectivity index (χ1) is 14.1. The van der Waals surface area contributed by atoms with E-state index in [-0.39, 0.29) is 5.91 Å². The summed E-state index contributed by atoms with van der Waals surface area (Å²) in [5, 5.41) is 6.41. The second kappa shape index (κ2) is 8.82. The molecule has 8 heteroatoms. The van der Waals surface area contributed by atoms with Crippen LogP contribution in [0.1, 0.15) is 10.4 Å². The minimum atomic E-state index is -0.277. The number of nitrogens with one attached hydrogen (secondary N) is 1. The molecule has 2 aromatic carbocycles. The number of thiazole rings is 1. The zero-order chi connectivity index (χ0) is 20.2. The van der Waals surface area contributed by atoms with Crippen molar-refractivity contribution in [2.75, 3.05) is 43.6 Å². The van der Waals surface area contributed by atoms with Crippen LogP contribution in [-0.4, -0.2) is 44.3 Å². The van der Waals surface area contributed by atoms with E-state index in [4.69, 9.17) is 26.1 Å². The summed E-state index contributed by atoms with van der Waals surface area (Å²) in [6.07, 6.45) is 0. The van der Waals surface area contributed by atoms with E-state index in [0.29, 0.717) is 22.0 Å². The van der Waals surface area contributed by atoms with Crippen LogP contribution in [-0.2, 0) is 4.74 Å². The van der Waals surface area contributed by atoms with Crippen LogP contribution in [0.25, 0.3) is 11.3 Å². The Kier molecular flexibility index (Phi) is 5.99. The van der Waals surface area contributed by atoms with Crippen molar-refractivity contribution in [3.05, 3.63) is 58.4 Å². The normalized spacial score (nSPS) is 13.9. The molecule has 3 aromatic rings. The van der Waals surface area contributed by atoms with E-state index in [1.165, 1.54) is 7.11 Å². The van der Waals surface area contributed by atoms with E-state index in [1.54, 1.807) is 29.5 Å². The first-order valence-electron chi connectivity index (χ1n) is 9.17. The van der Waals surface area contributed by atoms with Crippen molar-refractivity contribution in [3.8, 4) is 17.0 Å². The van der Waals surface area contributed by atoms with Crippen molar-refractivity contribution >= 4 is 39.7 Å². The van der Waals surface area contributed by atoms with E-state index in [9.17, 15) is 4.79 Å². The van der Waals surface area contributed by atoms with E-state index in [0.717, 1.165) is 42.7 Å². The number of benzene rings is 2. The largest absolute Gasteiger partial charge is 0.496 e. The number of anilines is 2. The van der Waals surface area contributed by atoms with Gasteiger partial charge < -0.3 is 19.7 Å². The van der Waals surface area contributed by atoms with Crippen LogP contribution in [0.2, 0.25) is 5.02 Å². The molecule has 6 nitrogen and oxygen atoms in total. The summed E-state index contributed by atoms with van der Waals surface area (Å²) < 4.78 is 10.6. The van der Waals surface area contributed by atoms with Crippen LogP contribution in [0.15, 0.2) is 47.8 Å². The van der Waals surface area contributed by atoms with Crippen molar-refractivity contribution in [2.45, 2.75) is 0 Å². The zero-order valence-corrected chi connectivity index (χ0v) is 17.4. The Morgan fingerprint density at radius 1 is 1.21 bits per heavy atom. The molecule has 1 amide bonds. The average molecular weight is 430 g/mol. The molecule has 1 saturated heterocycles. The molecular formula is C21H20ClN3O3S. The molecule has 1 aromatic heterocycles. The van der Waals surface area contributed by atoms with E-state index in [2.05, 4.69) is 15.6 Å². The molecule has 4 rings (SSSR count). The number of carbonyl (C=O) groups excluding carboxylic acids is 1. The monoisotopic (exact) mass is 429 g/mol. The summed E-state index contributed by atoms with van der Waals surface area (Å²) in [5.41, 5.74) is 2.99. The Hall–Kier alpha value is -2.61. The highest BCUT2D eigenvalue weighted by Gasteiger charge is 2.16. The van der Waals surface area contributed by atoms with Crippen molar-refractivity contribution in [1.29, 1.82) is 0 Å². The Morgan fingerprint density at radius 2 is 1.97 bits per heavy atom. The number of halogens is 1. The van der Waals surface area contributed by atoms with Gasteiger partial charge >= 0.3 is 0 Å². The number of morpholine rings is 1. The molecule has 2 heterocycles. The third-order valence-electron chi connectivity index (χ3n) is 4.62. The third kappa shape index (κ3) is 4.53. The lowest BCUT2D eigenvalue weighted by molar-refractivity contribution is 0.102. The lowest BCUT2D eigenvalue weighted by Gasteiger charge is -2.26. The number of nitrogens with zero attached hydrogens (tertiary/aromatic N) is 2. The smallest absolute Gasteiger partial charge is 0.259 e. The number of carbonyl (C=O) groups is 1. The first-order valence-corrected chi connectivity index (χ1v) is 10.4. The molecule has 0 radical (unpaired) electrons. The molecule has 0 saturated carbocycles. The fraction of sp³-hybridized carbons (Fsp3) is 0.238. The predicted molar refractivity (Wildman–Crippen MR) is 117 cm³/mol.